The van der Waals surface area contributed by atoms with Gasteiger partial charge < -0.3 is 20.5 Å². The van der Waals surface area contributed by atoms with Crippen molar-refractivity contribution < 1.29 is 24.2 Å². The first-order valence-electron chi connectivity index (χ1n) is 5.65. The molecule has 0 spiro atoms. The Balaban J connectivity index is 2.75. The SMILES string of the molecule is CC(C)(CC(=O)N1CCOCC1C(N)=O)C(=O)O. The molecule has 0 aromatic carbocycles. The fraction of sp³-hybridized carbons (Fsp3) is 0.727. The predicted octanol–water partition coefficient (Wildman–Crippen LogP) is -0.800. The Morgan fingerprint density at radius 1 is 1.44 bits per heavy atom. The smallest absolute Gasteiger partial charge is 0.309 e. The van der Waals surface area contributed by atoms with Gasteiger partial charge in [-0.25, -0.2) is 0 Å². The maximum atomic E-state index is 12.0. The average Bonchev–Trinajstić information content (AvgIpc) is 2.28. The molecule has 0 radical (unpaired) electrons. The van der Waals surface area contributed by atoms with Crippen LogP contribution in [0.4, 0.5) is 0 Å². The number of primary amides is 1. The van der Waals surface area contributed by atoms with Crippen LogP contribution in [0.2, 0.25) is 0 Å². The summed E-state index contributed by atoms with van der Waals surface area (Å²) in [6, 6.07) is -0.809. The van der Waals surface area contributed by atoms with Crippen LogP contribution in [0.5, 0.6) is 0 Å². The van der Waals surface area contributed by atoms with Crippen LogP contribution in [0.15, 0.2) is 0 Å². The first kappa shape index (κ1) is 14.4. The first-order valence-corrected chi connectivity index (χ1v) is 5.65. The molecule has 1 atom stereocenters. The van der Waals surface area contributed by atoms with Crippen molar-refractivity contribution in [2.75, 3.05) is 19.8 Å². The third kappa shape index (κ3) is 3.19. The minimum atomic E-state index is -1.17. The van der Waals surface area contributed by atoms with Gasteiger partial charge in [0.1, 0.15) is 6.04 Å². The molecule has 18 heavy (non-hydrogen) atoms. The molecule has 1 rings (SSSR count). The fourth-order valence-electron chi connectivity index (χ4n) is 1.69. The number of nitrogens with zero attached hydrogens (tertiary/aromatic N) is 1. The number of carboxylic acid groups (broad SMARTS) is 1. The second-order valence-electron chi connectivity index (χ2n) is 4.95. The van der Waals surface area contributed by atoms with E-state index in [9.17, 15) is 14.4 Å². The summed E-state index contributed by atoms with van der Waals surface area (Å²) < 4.78 is 5.09. The zero-order chi connectivity index (χ0) is 13.9. The minimum Gasteiger partial charge on any atom is -0.481 e. The monoisotopic (exact) mass is 258 g/mol. The molecule has 0 bridgehead atoms. The maximum Gasteiger partial charge on any atom is 0.309 e. The molecular formula is C11H18N2O5. The number of hydrogen-bond donors (Lipinski definition) is 2. The lowest BCUT2D eigenvalue weighted by Gasteiger charge is -2.35. The van der Waals surface area contributed by atoms with Crippen LogP contribution < -0.4 is 5.73 Å². The zero-order valence-corrected chi connectivity index (χ0v) is 10.5. The molecule has 1 heterocycles. The minimum absolute atomic E-state index is 0.0641. The molecule has 102 valence electrons. The van der Waals surface area contributed by atoms with E-state index in [1.165, 1.54) is 18.7 Å². The molecule has 7 nitrogen and oxygen atoms in total. The molecule has 0 aromatic heterocycles. The van der Waals surface area contributed by atoms with Gasteiger partial charge in [0.25, 0.3) is 0 Å². The van der Waals surface area contributed by atoms with Crippen LogP contribution in [0, 0.1) is 5.41 Å². The van der Waals surface area contributed by atoms with Crippen molar-refractivity contribution in [2.24, 2.45) is 11.1 Å². The van der Waals surface area contributed by atoms with E-state index in [2.05, 4.69) is 0 Å². The summed E-state index contributed by atoms with van der Waals surface area (Å²) >= 11 is 0. The van der Waals surface area contributed by atoms with Gasteiger partial charge in [-0.2, -0.15) is 0 Å². The van der Waals surface area contributed by atoms with Gasteiger partial charge >= 0.3 is 5.97 Å². The van der Waals surface area contributed by atoms with E-state index in [0.29, 0.717) is 6.61 Å². The van der Waals surface area contributed by atoms with E-state index in [0.717, 1.165) is 0 Å². The van der Waals surface area contributed by atoms with Crippen molar-refractivity contribution in [1.29, 1.82) is 0 Å². The summed E-state index contributed by atoms with van der Waals surface area (Å²) in [6.45, 7) is 3.57. The standard InChI is InChI=1S/C11H18N2O5/c1-11(2,10(16)17)5-8(14)13-3-4-18-6-7(13)9(12)15/h7H,3-6H2,1-2H3,(H2,12,15)(H,16,17). The summed E-state index contributed by atoms with van der Waals surface area (Å²) in [4.78, 5) is 35.5. The number of carbonyl (C=O) groups is 3. The van der Waals surface area contributed by atoms with Crippen molar-refractivity contribution in [3.63, 3.8) is 0 Å². The molecule has 1 aliphatic heterocycles. The van der Waals surface area contributed by atoms with Crippen molar-refractivity contribution in [3.8, 4) is 0 Å². The molecule has 1 saturated heterocycles. The number of hydrogen-bond acceptors (Lipinski definition) is 4. The van der Waals surface area contributed by atoms with Gasteiger partial charge in [0.05, 0.1) is 18.6 Å². The van der Waals surface area contributed by atoms with E-state index in [4.69, 9.17) is 15.6 Å². The van der Waals surface area contributed by atoms with Crippen LogP contribution in [-0.2, 0) is 19.1 Å². The number of rotatable bonds is 4. The highest BCUT2D eigenvalue weighted by molar-refractivity contribution is 5.89. The summed E-state index contributed by atoms with van der Waals surface area (Å²) in [5, 5.41) is 8.98. The highest BCUT2D eigenvalue weighted by Gasteiger charge is 2.36. The maximum absolute atomic E-state index is 12.0. The normalized spacial score (nSPS) is 20.6. The van der Waals surface area contributed by atoms with Crippen molar-refractivity contribution >= 4 is 17.8 Å². The molecule has 0 aliphatic carbocycles. The van der Waals surface area contributed by atoms with Gasteiger partial charge in [-0.1, -0.05) is 0 Å². The van der Waals surface area contributed by atoms with Crippen LogP contribution >= 0.6 is 0 Å². The average molecular weight is 258 g/mol. The number of nitrogens with two attached hydrogens (primary N) is 1. The van der Waals surface area contributed by atoms with Crippen LogP contribution in [0.1, 0.15) is 20.3 Å². The number of aliphatic carboxylic acids is 1. The lowest BCUT2D eigenvalue weighted by Crippen LogP contribution is -2.55. The topological polar surface area (TPSA) is 110 Å². The van der Waals surface area contributed by atoms with Gasteiger partial charge in [0.15, 0.2) is 0 Å². The number of ether oxygens (including phenoxy) is 1. The molecule has 0 aromatic rings. The second-order valence-corrected chi connectivity index (χ2v) is 4.95. The molecule has 2 amide bonds. The molecular weight excluding hydrogens is 240 g/mol. The van der Waals surface area contributed by atoms with E-state index >= 15 is 0 Å². The Labute approximate surface area is 105 Å². The molecule has 1 aliphatic rings. The van der Waals surface area contributed by atoms with Crippen molar-refractivity contribution in [2.45, 2.75) is 26.3 Å². The number of carboxylic acids is 1. The lowest BCUT2D eigenvalue weighted by atomic mass is 9.88. The predicted molar refractivity (Wildman–Crippen MR) is 61.5 cm³/mol. The summed E-state index contributed by atoms with van der Waals surface area (Å²) in [5.41, 5.74) is 4.02. The largest absolute Gasteiger partial charge is 0.481 e. The Kier molecular flexibility index (Phi) is 4.28. The molecule has 1 fully saturated rings. The van der Waals surface area contributed by atoms with Crippen LogP contribution in [0.3, 0.4) is 0 Å². The van der Waals surface area contributed by atoms with E-state index < -0.39 is 29.2 Å². The van der Waals surface area contributed by atoms with Gasteiger partial charge in [0.2, 0.25) is 11.8 Å². The van der Waals surface area contributed by atoms with Gasteiger partial charge in [0, 0.05) is 13.0 Å². The Bertz CT molecular complexity index is 366. The second kappa shape index (κ2) is 5.34. The third-order valence-corrected chi connectivity index (χ3v) is 2.95. The summed E-state index contributed by atoms with van der Waals surface area (Å²) in [6.07, 6.45) is -0.174. The molecule has 3 N–H and O–H groups in total. The third-order valence-electron chi connectivity index (χ3n) is 2.95. The summed E-state index contributed by atoms with van der Waals surface area (Å²) in [7, 11) is 0. The number of morpholine rings is 1. The van der Waals surface area contributed by atoms with Crippen molar-refractivity contribution in [3.05, 3.63) is 0 Å². The summed E-state index contributed by atoms with van der Waals surface area (Å²) in [5.74, 6) is -2.09. The fourth-order valence-corrected chi connectivity index (χ4v) is 1.69. The van der Waals surface area contributed by atoms with E-state index in [-0.39, 0.29) is 19.6 Å². The van der Waals surface area contributed by atoms with E-state index in [1.54, 1.807) is 0 Å². The quantitative estimate of drug-likeness (QED) is 0.686. The Morgan fingerprint density at radius 3 is 2.56 bits per heavy atom. The van der Waals surface area contributed by atoms with Crippen molar-refractivity contribution in [1.82, 2.24) is 4.90 Å². The molecule has 0 saturated carbocycles. The highest BCUT2D eigenvalue weighted by atomic mass is 16.5. The van der Waals surface area contributed by atoms with Gasteiger partial charge in [-0.15, -0.1) is 0 Å². The number of carbonyl (C=O) groups excluding carboxylic acids is 2. The molecule has 1 unspecified atom stereocenters. The van der Waals surface area contributed by atoms with Gasteiger partial charge in [-0.05, 0) is 13.8 Å². The zero-order valence-electron chi connectivity index (χ0n) is 10.5. The highest BCUT2D eigenvalue weighted by Crippen LogP contribution is 2.23. The van der Waals surface area contributed by atoms with Gasteiger partial charge in [-0.3, -0.25) is 14.4 Å². The Morgan fingerprint density at radius 2 is 2.06 bits per heavy atom. The van der Waals surface area contributed by atoms with E-state index in [1.807, 2.05) is 0 Å². The lowest BCUT2D eigenvalue weighted by molar-refractivity contribution is -0.155. The number of amides is 2. The van der Waals surface area contributed by atoms with Crippen LogP contribution in [0.25, 0.3) is 0 Å². The Hall–Kier alpha value is -1.63. The van der Waals surface area contributed by atoms with Crippen LogP contribution in [-0.4, -0.2) is 53.6 Å². The molecule has 7 heteroatoms. The first-order chi connectivity index (χ1) is 8.25.